The number of benzene rings is 1. The highest BCUT2D eigenvalue weighted by molar-refractivity contribution is 6.03. The van der Waals surface area contributed by atoms with Gasteiger partial charge in [0.05, 0.1) is 31.3 Å². The van der Waals surface area contributed by atoms with Crippen molar-refractivity contribution in [2.45, 2.75) is 12.8 Å². The number of nitrogens with one attached hydrogen (secondary N) is 1. The number of methoxy groups -OCH3 is 1. The number of nitrogens with two attached hydrogens (primary N) is 1. The Morgan fingerprint density at radius 3 is 2.67 bits per heavy atom. The summed E-state index contributed by atoms with van der Waals surface area (Å²) >= 11 is 0. The highest BCUT2D eigenvalue weighted by Crippen LogP contribution is 2.28. The summed E-state index contributed by atoms with van der Waals surface area (Å²) in [7, 11) is 3.11. The summed E-state index contributed by atoms with van der Waals surface area (Å²) in [5, 5.41) is 3.07. The number of morpholine rings is 1. The Labute approximate surface area is 190 Å². The number of hydrogen-bond acceptors (Lipinski definition) is 9. The molecule has 33 heavy (non-hydrogen) atoms. The molecule has 1 amide bonds. The Morgan fingerprint density at radius 2 is 1.97 bits per heavy atom. The van der Waals surface area contributed by atoms with E-state index in [1.54, 1.807) is 20.2 Å². The van der Waals surface area contributed by atoms with Crippen molar-refractivity contribution in [3.8, 4) is 5.75 Å². The van der Waals surface area contributed by atoms with Crippen LogP contribution in [0.15, 0.2) is 29.3 Å². The van der Waals surface area contributed by atoms with Crippen molar-refractivity contribution >= 4 is 28.7 Å². The molecule has 1 aromatic carbocycles. The van der Waals surface area contributed by atoms with Gasteiger partial charge in [0.15, 0.2) is 0 Å². The van der Waals surface area contributed by atoms with Gasteiger partial charge in [-0.15, -0.1) is 0 Å². The maximum absolute atomic E-state index is 13.0. The number of nitrogen functional groups attached to an aromatic ring is 1. The standard InChI is InChI=1S/C22H27N7O4/c1-28-20(31)16-6-5-14(4-3-7-29-8-10-33-11-9-29)18(32-2)17(16)26-22(28)27-19(30)15-12-24-21(23)25-13-15/h5-6,12-13H,3-4,7-11H2,1-2H3,(H2,23,24,25)(H,26,27,30). The van der Waals surface area contributed by atoms with E-state index in [-0.39, 0.29) is 23.0 Å². The lowest BCUT2D eigenvalue weighted by molar-refractivity contribution is 0.0374. The molecule has 11 heteroatoms. The smallest absolute Gasteiger partial charge is 0.262 e. The van der Waals surface area contributed by atoms with Crippen LogP contribution in [0.25, 0.3) is 10.9 Å². The zero-order valence-electron chi connectivity index (χ0n) is 18.7. The number of fused-ring (bicyclic) bond motifs is 1. The van der Waals surface area contributed by atoms with Gasteiger partial charge >= 0.3 is 0 Å². The van der Waals surface area contributed by atoms with Crippen molar-refractivity contribution in [2.24, 2.45) is 7.05 Å². The number of rotatable bonds is 7. The number of nitrogens with zero attached hydrogens (tertiary/aromatic N) is 5. The van der Waals surface area contributed by atoms with Crippen LogP contribution in [0, 0.1) is 0 Å². The quantitative estimate of drug-likeness (QED) is 0.533. The van der Waals surface area contributed by atoms with E-state index < -0.39 is 5.91 Å². The Balaban J connectivity index is 1.60. The minimum atomic E-state index is -0.502. The van der Waals surface area contributed by atoms with E-state index in [2.05, 4.69) is 25.2 Å². The number of amides is 1. The molecule has 0 atom stereocenters. The van der Waals surface area contributed by atoms with Crippen LogP contribution in [0.5, 0.6) is 5.75 Å². The second-order valence-electron chi connectivity index (χ2n) is 7.80. The number of aryl methyl sites for hydroxylation is 1. The zero-order chi connectivity index (χ0) is 23.4. The van der Waals surface area contributed by atoms with Gasteiger partial charge in [-0.25, -0.2) is 15.0 Å². The molecule has 0 saturated carbocycles. The summed E-state index contributed by atoms with van der Waals surface area (Å²) in [6.45, 7) is 4.37. The van der Waals surface area contributed by atoms with Gasteiger partial charge in [0.1, 0.15) is 11.3 Å². The van der Waals surface area contributed by atoms with Crippen LogP contribution in [0.3, 0.4) is 0 Å². The van der Waals surface area contributed by atoms with Crippen LogP contribution in [-0.4, -0.2) is 70.3 Å². The van der Waals surface area contributed by atoms with Gasteiger partial charge in [0.2, 0.25) is 11.9 Å². The molecule has 4 rings (SSSR count). The summed E-state index contributed by atoms with van der Waals surface area (Å²) in [6.07, 6.45) is 4.33. The van der Waals surface area contributed by atoms with Crippen molar-refractivity contribution in [3.63, 3.8) is 0 Å². The number of anilines is 2. The second kappa shape index (κ2) is 9.92. The number of hydrogen-bond donors (Lipinski definition) is 2. The maximum atomic E-state index is 13.0. The molecule has 0 spiro atoms. The third-order valence-corrected chi connectivity index (χ3v) is 5.67. The molecular weight excluding hydrogens is 426 g/mol. The van der Waals surface area contributed by atoms with Gasteiger partial charge in [0, 0.05) is 32.5 Å². The molecule has 1 aliphatic rings. The molecule has 174 valence electrons. The first-order valence-corrected chi connectivity index (χ1v) is 10.7. The van der Waals surface area contributed by atoms with Gasteiger partial charge in [-0.1, -0.05) is 6.07 Å². The minimum absolute atomic E-state index is 0.0636. The SMILES string of the molecule is COc1c(CCCN2CCOCC2)ccc2c(=O)n(C)c(NC(=O)c3cnc(N)nc3)nc12. The molecule has 11 nitrogen and oxygen atoms in total. The first-order chi connectivity index (χ1) is 16.0. The molecule has 0 aliphatic carbocycles. The second-order valence-corrected chi connectivity index (χ2v) is 7.80. The third kappa shape index (κ3) is 4.94. The molecule has 2 aromatic heterocycles. The zero-order valence-corrected chi connectivity index (χ0v) is 18.7. The molecular formula is C22H27N7O4. The predicted octanol–water partition coefficient (Wildman–Crippen LogP) is 0.831. The monoisotopic (exact) mass is 453 g/mol. The van der Waals surface area contributed by atoms with Gasteiger partial charge < -0.3 is 15.2 Å². The van der Waals surface area contributed by atoms with Gasteiger partial charge in [0.25, 0.3) is 11.5 Å². The normalized spacial score (nSPS) is 14.4. The summed E-state index contributed by atoms with van der Waals surface area (Å²) in [5.41, 5.74) is 6.75. The fourth-order valence-electron chi connectivity index (χ4n) is 3.84. The van der Waals surface area contributed by atoms with Crippen LogP contribution >= 0.6 is 0 Å². The van der Waals surface area contributed by atoms with Crippen LogP contribution in [0.4, 0.5) is 11.9 Å². The molecule has 1 aliphatic heterocycles. The Bertz CT molecular complexity index is 1200. The Hall–Kier alpha value is -3.57. The van der Waals surface area contributed by atoms with E-state index in [1.807, 2.05) is 6.07 Å². The average molecular weight is 454 g/mol. The first-order valence-electron chi connectivity index (χ1n) is 10.7. The highest BCUT2D eigenvalue weighted by Gasteiger charge is 2.18. The maximum Gasteiger partial charge on any atom is 0.262 e. The van der Waals surface area contributed by atoms with Gasteiger partial charge in [-0.3, -0.25) is 24.4 Å². The molecule has 0 bridgehead atoms. The topological polar surface area (TPSA) is 137 Å². The van der Waals surface area contributed by atoms with Gasteiger partial charge in [-0.2, -0.15) is 0 Å². The van der Waals surface area contributed by atoms with E-state index in [1.165, 1.54) is 17.0 Å². The van der Waals surface area contributed by atoms with Crippen molar-refractivity contribution in [3.05, 3.63) is 46.0 Å². The molecule has 3 aromatic rings. The molecule has 3 N–H and O–H groups in total. The lowest BCUT2D eigenvalue weighted by atomic mass is 10.1. The van der Waals surface area contributed by atoms with Crippen molar-refractivity contribution in [1.82, 2.24) is 24.4 Å². The fraction of sp³-hybridized carbons (Fsp3) is 0.409. The van der Waals surface area contributed by atoms with Crippen molar-refractivity contribution in [2.75, 3.05) is 51.0 Å². The molecule has 1 saturated heterocycles. The first kappa shape index (κ1) is 22.6. The summed E-state index contributed by atoms with van der Waals surface area (Å²) in [6, 6.07) is 3.67. The molecule has 3 heterocycles. The van der Waals surface area contributed by atoms with Crippen LogP contribution in [0.1, 0.15) is 22.3 Å². The van der Waals surface area contributed by atoms with Crippen molar-refractivity contribution < 1.29 is 14.3 Å². The lowest BCUT2D eigenvalue weighted by Crippen LogP contribution is -2.36. The molecule has 1 fully saturated rings. The van der Waals surface area contributed by atoms with Crippen molar-refractivity contribution in [1.29, 1.82) is 0 Å². The van der Waals surface area contributed by atoms with E-state index in [9.17, 15) is 9.59 Å². The van der Waals surface area contributed by atoms with Crippen LogP contribution in [0.2, 0.25) is 0 Å². The summed E-state index contributed by atoms with van der Waals surface area (Å²) in [4.78, 5) is 40.1. The van der Waals surface area contributed by atoms with Gasteiger partial charge in [-0.05, 0) is 31.0 Å². The Kier molecular flexibility index (Phi) is 6.80. The largest absolute Gasteiger partial charge is 0.494 e. The van der Waals surface area contributed by atoms with E-state index in [0.717, 1.165) is 51.3 Å². The third-order valence-electron chi connectivity index (χ3n) is 5.67. The minimum Gasteiger partial charge on any atom is -0.494 e. The molecule has 0 radical (unpaired) electrons. The number of carbonyl (C=O) groups is 1. The molecule has 0 unspecified atom stereocenters. The Morgan fingerprint density at radius 1 is 1.24 bits per heavy atom. The predicted molar refractivity (Wildman–Crippen MR) is 124 cm³/mol. The highest BCUT2D eigenvalue weighted by atomic mass is 16.5. The number of ether oxygens (including phenoxy) is 2. The van der Waals surface area contributed by atoms with E-state index in [0.29, 0.717) is 16.7 Å². The summed E-state index contributed by atoms with van der Waals surface area (Å²) in [5.74, 6) is 0.197. The number of carbonyl (C=O) groups excluding carboxylic acids is 1. The van der Waals surface area contributed by atoms with Crippen LogP contribution in [-0.2, 0) is 18.2 Å². The fourth-order valence-corrected chi connectivity index (χ4v) is 3.84. The lowest BCUT2D eigenvalue weighted by Gasteiger charge is -2.26. The summed E-state index contributed by atoms with van der Waals surface area (Å²) < 4.78 is 12.3. The average Bonchev–Trinajstić information content (AvgIpc) is 2.83. The number of aromatic nitrogens is 4. The van der Waals surface area contributed by atoms with E-state index in [4.69, 9.17) is 15.2 Å². The van der Waals surface area contributed by atoms with Crippen LogP contribution < -0.4 is 21.3 Å². The van der Waals surface area contributed by atoms with E-state index >= 15 is 0 Å².